The molecule has 0 aliphatic heterocycles. The standard InChI is InChI=1S/C23H20N4O4/c28-11-1-2-15-8-10-27(22(29)12-15)17-5-3-16(4-6-17)21-13-18(23(30)26-31)19-14-24-9-7-20(19)25-21/h3-10,12-14,28,31H,1-2,11H2,(H,26,30). The van der Waals surface area contributed by atoms with Crippen LogP contribution in [0.25, 0.3) is 27.8 Å². The fourth-order valence-electron chi connectivity index (χ4n) is 3.43. The summed E-state index contributed by atoms with van der Waals surface area (Å²) in [6.45, 7) is 0.0888. The first-order chi connectivity index (χ1) is 15.1. The number of aliphatic hydroxyl groups excluding tert-OH is 1. The van der Waals surface area contributed by atoms with E-state index in [1.807, 2.05) is 18.2 Å². The molecule has 3 heterocycles. The van der Waals surface area contributed by atoms with E-state index in [1.54, 1.807) is 48.2 Å². The normalized spacial score (nSPS) is 10.9. The number of hydrogen-bond donors (Lipinski definition) is 3. The van der Waals surface area contributed by atoms with Crippen LogP contribution < -0.4 is 11.0 Å². The molecule has 8 nitrogen and oxygen atoms in total. The lowest BCUT2D eigenvalue weighted by Crippen LogP contribution is -2.19. The predicted molar refractivity (Wildman–Crippen MR) is 115 cm³/mol. The quantitative estimate of drug-likeness (QED) is 0.328. The van der Waals surface area contributed by atoms with E-state index in [0.29, 0.717) is 35.1 Å². The number of amides is 1. The molecule has 0 fully saturated rings. The van der Waals surface area contributed by atoms with Gasteiger partial charge in [-0.3, -0.25) is 24.3 Å². The lowest BCUT2D eigenvalue weighted by atomic mass is 10.0. The van der Waals surface area contributed by atoms with Gasteiger partial charge in [0, 0.05) is 47.9 Å². The van der Waals surface area contributed by atoms with Gasteiger partial charge in [0.25, 0.3) is 11.5 Å². The molecule has 0 aliphatic carbocycles. The Bertz CT molecular complexity index is 1300. The third kappa shape index (κ3) is 4.20. The van der Waals surface area contributed by atoms with Gasteiger partial charge in [0.05, 0.1) is 16.8 Å². The summed E-state index contributed by atoms with van der Waals surface area (Å²) >= 11 is 0. The highest BCUT2D eigenvalue weighted by Crippen LogP contribution is 2.25. The molecule has 0 atom stereocenters. The summed E-state index contributed by atoms with van der Waals surface area (Å²) in [5.41, 5.74) is 5.22. The lowest BCUT2D eigenvalue weighted by Gasteiger charge is -2.10. The average molecular weight is 416 g/mol. The Kier molecular flexibility index (Phi) is 5.83. The van der Waals surface area contributed by atoms with E-state index in [9.17, 15) is 9.59 Å². The molecule has 0 saturated heterocycles. The number of hydroxylamine groups is 1. The van der Waals surface area contributed by atoms with Crippen LogP contribution in [0.15, 0.2) is 71.9 Å². The molecule has 0 bridgehead atoms. The van der Waals surface area contributed by atoms with Crippen molar-refractivity contribution in [1.29, 1.82) is 0 Å². The van der Waals surface area contributed by atoms with E-state index in [0.717, 1.165) is 11.1 Å². The van der Waals surface area contributed by atoms with Gasteiger partial charge in [-0.2, -0.15) is 0 Å². The molecule has 0 radical (unpaired) electrons. The van der Waals surface area contributed by atoms with Gasteiger partial charge >= 0.3 is 0 Å². The van der Waals surface area contributed by atoms with Gasteiger partial charge in [0.1, 0.15) is 0 Å². The van der Waals surface area contributed by atoms with E-state index in [2.05, 4.69) is 9.97 Å². The highest BCUT2D eigenvalue weighted by atomic mass is 16.5. The first-order valence-corrected chi connectivity index (χ1v) is 9.73. The predicted octanol–water partition coefficient (Wildman–Crippen LogP) is 2.49. The number of rotatable bonds is 6. The molecule has 31 heavy (non-hydrogen) atoms. The second-order valence-corrected chi connectivity index (χ2v) is 7.01. The van der Waals surface area contributed by atoms with Gasteiger partial charge in [-0.05, 0) is 48.7 Å². The minimum atomic E-state index is -0.647. The summed E-state index contributed by atoms with van der Waals surface area (Å²) in [5.74, 6) is -0.647. The van der Waals surface area contributed by atoms with Gasteiger partial charge in [-0.15, -0.1) is 0 Å². The van der Waals surface area contributed by atoms with E-state index in [-0.39, 0.29) is 17.7 Å². The molecule has 0 saturated carbocycles. The summed E-state index contributed by atoms with van der Waals surface area (Å²) < 4.78 is 1.54. The zero-order valence-corrected chi connectivity index (χ0v) is 16.5. The number of aromatic nitrogens is 3. The van der Waals surface area contributed by atoms with Crippen molar-refractivity contribution < 1.29 is 15.1 Å². The van der Waals surface area contributed by atoms with Crippen molar-refractivity contribution in [2.24, 2.45) is 0 Å². The van der Waals surface area contributed by atoms with Crippen LogP contribution in [-0.2, 0) is 6.42 Å². The molecule has 0 aliphatic rings. The molecule has 3 aromatic heterocycles. The van der Waals surface area contributed by atoms with Gasteiger partial charge in [-0.25, -0.2) is 10.5 Å². The zero-order valence-electron chi connectivity index (χ0n) is 16.5. The topological polar surface area (TPSA) is 117 Å². The van der Waals surface area contributed by atoms with Gasteiger partial charge in [0.15, 0.2) is 0 Å². The van der Waals surface area contributed by atoms with Crippen molar-refractivity contribution in [1.82, 2.24) is 20.0 Å². The maximum atomic E-state index is 12.5. The average Bonchev–Trinajstić information content (AvgIpc) is 2.81. The number of carbonyl (C=O) groups excluding carboxylic acids is 1. The minimum absolute atomic E-state index is 0.0888. The van der Waals surface area contributed by atoms with Crippen molar-refractivity contribution in [3.05, 3.63) is 88.6 Å². The van der Waals surface area contributed by atoms with Crippen LogP contribution in [0, 0.1) is 0 Å². The second kappa shape index (κ2) is 8.86. The van der Waals surface area contributed by atoms with E-state index >= 15 is 0 Å². The monoisotopic (exact) mass is 416 g/mol. The SMILES string of the molecule is O=C(NO)c1cc(-c2ccc(-n3ccc(CCCO)cc3=O)cc2)nc2ccncc12. The maximum absolute atomic E-state index is 12.5. The van der Waals surface area contributed by atoms with Crippen LogP contribution in [0.4, 0.5) is 0 Å². The molecule has 3 N–H and O–H groups in total. The zero-order chi connectivity index (χ0) is 21.8. The second-order valence-electron chi connectivity index (χ2n) is 7.01. The number of nitrogens with zero attached hydrogens (tertiary/aromatic N) is 3. The number of carbonyl (C=O) groups is 1. The molecule has 8 heteroatoms. The Morgan fingerprint density at radius 2 is 1.90 bits per heavy atom. The van der Waals surface area contributed by atoms with E-state index in [1.165, 1.54) is 10.8 Å². The summed E-state index contributed by atoms with van der Waals surface area (Å²) in [6.07, 6.45) is 6.09. The molecule has 1 aromatic carbocycles. The van der Waals surface area contributed by atoms with Gasteiger partial charge < -0.3 is 5.11 Å². The summed E-state index contributed by atoms with van der Waals surface area (Å²) in [7, 11) is 0. The third-order valence-corrected chi connectivity index (χ3v) is 5.01. The van der Waals surface area contributed by atoms with Crippen molar-refractivity contribution in [2.45, 2.75) is 12.8 Å². The molecule has 1 amide bonds. The highest BCUT2D eigenvalue weighted by molar-refractivity contribution is 6.06. The Morgan fingerprint density at radius 3 is 2.61 bits per heavy atom. The van der Waals surface area contributed by atoms with Crippen LogP contribution in [0.2, 0.25) is 0 Å². The van der Waals surface area contributed by atoms with Crippen molar-refractivity contribution >= 4 is 16.8 Å². The number of nitrogens with one attached hydrogen (secondary N) is 1. The highest BCUT2D eigenvalue weighted by Gasteiger charge is 2.14. The number of fused-ring (bicyclic) bond motifs is 1. The third-order valence-electron chi connectivity index (χ3n) is 5.01. The largest absolute Gasteiger partial charge is 0.396 e. The van der Waals surface area contributed by atoms with Gasteiger partial charge in [-0.1, -0.05) is 12.1 Å². The van der Waals surface area contributed by atoms with Crippen LogP contribution in [0.5, 0.6) is 0 Å². The van der Waals surface area contributed by atoms with Crippen molar-refractivity contribution in [2.75, 3.05) is 6.61 Å². The summed E-state index contributed by atoms with van der Waals surface area (Å²) in [4.78, 5) is 33.2. The van der Waals surface area contributed by atoms with E-state index < -0.39 is 5.91 Å². The summed E-state index contributed by atoms with van der Waals surface area (Å²) in [5, 5.41) is 18.6. The number of hydrogen-bond acceptors (Lipinski definition) is 6. The number of pyridine rings is 3. The lowest BCUT2D eigenvalue weighted by molar-refractivity contribution is 0.0708. The number of aryl methyl sites for hydroxylation is 1. The van der Waals surface area contributed by atoms with Gasteiger partial charge in [0.2, 0.25) is 0 Å². The Hall–Kier alpha value is -3.88. The Morgan fingerprint density at radius 1 is 1.10 bits per heavy atom. The van der Waals surface area contributed by atoms with Crippen LogP contribution in [-0.4, -0.2) is 37.4 Å². The van der Waals surface area contributed by atoms with Crippen LogP contribution >= 0.6 is 0 Å². The smallest absolute Gasteiger partial charge is 0.275 e. The first-order valence-electron chi connectivity index (χ1n) is 9.73. The van der Waals surface area contributed by atoms with Crippen LogP contribution in [0.1, 0.15) is 22.3 Å². The molecule has 4 aromatic rings. The Labute approximate surface area is 177 Å². The fraction of sp³-hybridized carbons (Fsp3) is 0.130. The molecule has 0 spiro atoms. The Balaban J connectivity index is 1.70. The molecular formula is C23H20N4O4. The van der Waals surface area contributed by atoms with Crippen molar-refractivity contribution in [3.8, 4) is 16.9 Å². The van der Waals surface area contributed by atoms with E-state index in [4.69, 9.17) is 10.3 Å². The number of aliphatic hydroxyl groups is 1. The fourth-order valence-corrected chi connectivity index (χ4v) is 3.43. The van der Waals surface area contributed by atoms with Crippen LogP contribution in [0.3, 0.4) is 0 Å². The number of benzene rings is 1. The summed E-state index contributed by atoms with van der Waals surface area (Å²) in [6, 6.07) is 14.0. The minimum Gasteiger partial charge on any atom is -0.396 e. The molecular weight excluding hydrogens is 396 g/mol. The molecule has 156 valence electrons. The molecule has 4 rings (SSSR count). The molecule has 0 unspecified atom stereocenters. The first kappa shape index (κ1) is 20.4. The maximum Gasteiger partial charge on any atom is 0.275 e. The van der Waals surface area contributed by atoms with Crippen molar-refractivity contribution in [3.63, 3.8) is 0 Å².